The molecule has 1 aromatic heterocycles. The van der Waals surface area contributed by atoms with Crippen molar-refractivity contribution in [3.63, 3.8) is 0 Å². The summed E-state index contributed by atoms with van der Waals surface area (Å²) in [4.78, 5) is 29.2. The van der Waals surface area contributed by atoms with E-state index in [1.54, 1.807) is 0 Å². The second-order valence-corrected chi connectivity index (χ2v) is 8.08. The van der Waals surface area contributed by atoms with Gasteiger partial charge in [0.25, 0.3) is 0 Å². The molecule has 1 fully saturated rings. The van der Waals surface area contributed by atoms with E-state index in [4.69, 9.17) is 4.74 Å². The lowest BCUT2D eigenvalue weighted by atomic mass is 10.0. The smallest absolute Gasteiger partial charge is 0.326 e. The summed E-state index contributed by atoms with van der Waals surface area (Å²) >= 11 is 0. The van der Waals surface area contributed by atoms with Crippen LogP contribution < -0.4 is 15.4 Å². The van der Waals surface area contributed by atoms with Crippen LogP contribution in [0, 0.1) is 0 Å². The van der Waals surface area contributed by atoms with Crippen molar-refractivity contribution in [2.75, 3.05) is 39.3 Å². The van der Waals surface area contributed by atoms with Crippen LogP contribution in [0.4, 0.5) is 0 Å². The molecule has 0 unspecified atom stereocenters. The SMILES string of the molecule is CCCC(=O)N[C@@H](Cc1c[nH]c2ccc(OCCCCN3CCNCC3)cc12)C(=O)O. The van der Waals surface area contributed by atoms with E-state index in [-0.39, 0.29) is 12.3 Å². The van der Waals surface area contributed by atoms with Crippen LogP contribution in [-0.4, -0.2) is 72.2 Å². The normalized spacial score (nSPS) is 15.6. The Balaban J connectivity index is 1.54. The largest absolute Gasteiger partial charge is 0.494 e. The predicted octanol–water partition coefficient (Wildman–Crippen LogP) is 2.14. The highest BCUT2D eigenvalue weighted by Crippen LogP contribution is 2.25. The van der Waals surface area contributed by atoms with Gasteiger partial charge in [-0.25, -0.2) is 4.79 Å². The first-order valence-electron chi connectivity index (χ1n) is 11.2. The summed E-state index contributed by atoms with van der Waals surface area (Å²) in [6.45, 7) is 8.02. The molecule has 3 rings (SSSR count). The molecule has 8 heteroatoms. The molecule has 31 heavy (non-hydrogen) atoms. The Hall–Kier alpha value is -2.58. The highest BCUT2D eigenvalue weighted by molar-refractivity contribution is 5.87. The highest BCUT2D eigenvalue weighted by Gasteiger charge is 2.21. The van der Waals surface area contributed by atoms with Crippen molar-refractivity contribution in [2.45, 2.75) is 45.1 Å². The number of hydrogen-bond donors (Lipinski definition) is 4. The van der Waals surface area contributed by atoms with Crippen LogP contribution in [0.3, 0.4) is 0 Å². The van der Waals surface area contributed by atoms with E-state index in [1.165, 1.54) is 0 Å². The lowest BCUT2D eigenvalue weighted by Gasteiger charge is -2.26. The molecule has 0 spiro atoms. The van der Waals surface area contributed by atoms with Crippen LogP contribution >= 0.6 is 0 Å². The summed E-state index contributed by atoms with van der Waals surface area (Å²) in [5.41, 5.74) is 1.77. The van der Waals surface area contributed by atoms with E-state index in [9.17, 15) is 14.7 Å². The van der Waals surface area contributed by atoms with Crippen molar-refractivity contribution >= 4 is 22.8 Å². The number of aromatic nitrogens is 1. The Morgan fingerprint density at radius 3 is 2.81 bits per heavy atom. The van der Waals surface area contributed by atoms with Gasteiger partial charge < -0.3 is 30.4 Å². The first kappa shape index (κ1) is 23.1. The molecule has 1 atom stereocenters. The van der Waals surface area contributed by atoms with Gasteiger partial charge in [-0.05, 0) is 49.6 Å². The first-order valence-corrected chi connectivity index (χ1v) is 11.2. The maximum Gasteiger partial charge on any atom is 0.326 e. The van der Waals surface area contributed by atoms with Gasteiger partial charge in [0, 0.05) is 56.1 Å². The molecule has 8 nitrogen and oxygen atoms in total. The number of rotatable bonds is 12. The molecular weight excluding hydrogens is 396 g/mol. The van der Waals surface area contributed by atoms with Gasteiger partial charge >= 0.3 is 5.97 Å². The van der Waals surface area contributed by atoms with Gasteiger partial charge in [0.1, 0.15) is 11.8 Å². The minimum absolute atomic E-state index is 0.221. The van der Waals surface area contributed by atoms with E-state index in [0.717, 1.165) is 67.8 Å². The molecule has 4 N–H and O–H groups in total. The molecule has 170 valence electrons. The summed E-state index contributed by atoms with van der Waals surface area (Å²) < 4.78 is 5.95. The van der Waals surface area contributed by atoms with Crippen molar-refractivity contribution < 1.29 is 19.4 Å². The molecule has 2 heterocycles. The third-order valence-electron chi connectivity index (χ3n) is 5.62. The monoisotopic (exact) mass is 430 g/mol. The first-order chi connectivity index (χ1) is 15.1. The number of aromatic amines is 1. The Kier molecular flexibility index (Phi) is 8.73. The number of carbonyl (C=O) groups is 2. The van der Waals surface area contributed by atoms with Crippen LogP contribution in [0.1, 0.15) is 38.2 Å². The predicted molar refractivity (Wildman–Crippen MR) is 121 cm³/mol. The number of carboxylic acid groups (broad SMARTS) is 1. The number of ether oxygens (including phenoxy) is 1. The number of benzene rings is 1. The molecule has 0 saturated carbocycles. The topological polar surface area (TPSA) is 107 Å². The zero-order valence-corrected chi connectivity index (χ0v) is 18.3. The molecule has 1 saturated heterocycles. The number of fused-ring (bicyclic) bond motifs is 1. The van der Waals surface area contributed by atoms with Gasteiger partial charge in [-0.1, -0.05) is 6.92 Å². The van der Waals surface area contributed by atoms with Crippen LogP contribution in [0.25, 0.3) is 10.9 Å². The van der Waals surface area contributed by atoms with Gasteiger partial charge in [-0.2, -0.15) is 0 Å². The van der Waals surface area contributed by atoms with Crippen molar-refractivity contribution in [3.05, 3.63) is 30.0 Å². The second kappa shape index (κ2) is 11.7. The van der Waals surface area contributed by atoms with Gasteiger partial charge in [0.2, 0.25) is 5.91 Å². The molecule has 1 aliphatic rings. The molecule has 1 aliphatic heterocycles. The summed E-state index contributed by atoms with van der Waals surface area (Å²) in [5, 5.41) is 16.4. The average molecular weight is 431 g/mol. The third kappa shape index (κ3) is 6.97. The van der Waals surface area contributed by atoms with E-state index in [2.05, 4.69) is 20.5 Å². The quantitative estimate of drug-likeness (QED) is 0.385. The lowest BCUT2D eigenvalue weighted by Crippen LogP contribution is -2.43. The number of nitrogens with zero attached hydrogens (tertiary/aromatic N) is 1. The molecule has 1 aromatic carbocycles. The van der Waals surface area contributed by atoms with Crippen LogP contribution in [0.2, 0.25) is 0 Å². The number of H-pyrrole nitrogens is 1. The van der Waals surface area contributed by atoms with Crippen molar-refractivity contribution in [1.82, 2.24) is 20.5 Å². The third-order valence-corrected chi connectivity index (χ3v) is 5.62. The van der Waals surface area contributed by atoms with Crippen LogP contribution in [0.15, 0.2) is 24.4 Å². The highest BCUT2D eigenvalue weighted by atomic mass is 16.5. The fourth-order valence-electron chi connectivity index (χ4n) is 3.89. The minimum atomic E-state index is -1.03. The summed E-state index contributed by atoms with van der Waals surface area (Å²) in [6.07, 6.45) is 5.14. The van der Waals surface area contributed by atoms with Crippen molar-refractivity contribution in [3.8, 4) is 5.75 Å². The van der Waals surface area contributed by atoms with E-state index >= 15 is 0 Å². The molecule has 0 bridgehead atoms. The molecule has 2 aromatic rings. The minimum Gasteiger partial charge on any atom is -0.494 e. The standard InChI is InChI=1S/C23H34N4O4/c1-2-5-22(28)26-21(23(29)30)14-17-16-25-20-7-6-18(15-19(17)20)31-13-4-3-10-27-11-8-24-9-12-27/h6-7,15-16,21,24-25H,2-5,8-14H2,1H3,(H,26,28)(H,29,30)/t21-/m0/s1. The van der Waals surface area contributed by atoms with Crippen LogP contribution in [0.5, 0.6) is 5.75 Å². The van der Waals surface area contributed by atoms with Gasteiger partial charge in [-0.3, -0.25) is 4.79 Å². The molecule has 0 radical (unpaired) electrons. The number of aliphatic carboxylic acids is 1. The van der Waals surface area contributed by atoms with E-state index in [0.29, 0.717) is 19.4 Å². The summed E-state index contributed by atoms with van der Waals surface area (Å²) in [7, 11) is 0. The second-order valence-electron chi connectivity index (χ2n) is 8.08. The zero-order chi connectivity index (χ0) is 22.1. The Bertz CT molecular complexity index is 860. The molecular formula is C23H34N4O4. The van der Waals surface area contributed by atoms with Gasteiger partial charge in [0.15, 0.2) is 0 Å². The van der Waals surface area contributed by atoms with E-state index < -0.39 is 12.0 Å². The Morgan fingerprint density at radius 1 is 1.26 bits per heavy atom. The Morgan fingerprint density at radius 2 is 2.06 bits per heavy atom. The number of carboxylic acids is 1. The van der Waals surface area contributed by atoms with Gasteiger partial charge in [0.05, 0.1) is 6.61 Å². The summed E-state index contributed by atoms with van der Waals surface area (Å²) in [6, 6.07) is 4.87. The number of nitrogens with one attached hydrogen (secondary N) is 3. The lowest BCUT2D eigenvalue weighted by molar-refractivity contribution is -0.141. The number of carbonyl (C=O) groups excluding carboxylic acids is 1. The number of piperazine rings is 1. The number of amides is 1. The average Bonchev–Trinajstić information content (AvgIpc) is 3.16. The maximum absolute atomic E-state index is 11.9. The molecule has 0 aliphatic carbocycles. The van der Waals surface area contributed by atoms with E-state index in [1.807, 2.05) is 31.3 Å². The van der Waals surface area contributed by atoms with Gasteiger partial charge in [-0.15, -0.1) is 0 Å². The zero-order valence-electron chi connectivity index (χ0n) is 18.3. The summed E-state index contributed by atoms with van der Waals surface area (Å²) in [5.74, 6) is -0.493. The van der Waals surface area contributed by atoms with Crippen LogP contribution in [-0.2, 0) is 16.0 Å². The van der Waals surface area contributed by atoms with Crippen molar-refractivity contribution in [1.29, 1.82) is 0 Å². The fourth-order valence-corrected chi connectivity index (χ4v) is 3.89. The van der Waals surface area contributed by atoms with Crippen molar-refractivity contribution in [2.24, 2.45) is 0 Å². The number of hydrogen-bond acceptors (Lipinski definition) is 5. The Labute approximate surface area is 183 Å². The number of unbranched alkanes of at least 4 members (excludes halogenated alkanes) is 1. The molecule has 1 amide bonds. The fraction of sp³-hybridized carbons (Fsp3) is 0.565. The maximum atomic E-state index is 11.9.